The second-order valence-electron chi connectivity index (χ2n) is 9.99. The molecule has 1 N–H and O–H groups in total. The highest BCUT2D eigenvalue weighted by atomic mass is 16.2. The van der Waals surface area contributed by atoms with Crippen LogP contribution in [0, 0.1) is 5.92 Å². The molecule has 0 unspecified atom stereocenters. The van der Waals surface area contributed by atoms with Gasteiger partial charge in [-0.1, -0.05) is 38.0 Å². The Kier molecular flexibility index (Phi) is 4.87. The van der Waals surface area contributed by atoms with Gasteiger partial charge in [0.25, 0.3) is 5.91 Å². The Morgan fingerprint density at radius 1 is 1.07 bits per heavy atom. The number of benzene rings is 1. The molecule has 2 aromatic rings. The number of nitrogens with zero attached hydrogens (tertiary/aromatic N) is 2. The molecular weight excluding hydrogens is 374 g/mol. The highest BCUT2D eigenvalue weighted by Crippen LogP contribution is 2.38. The van der Waals surface area contributed by atoms with E-state index in [0.717, 1.165) is 55.1 Å². The van der Waals surface area contributed by atoms with Crippen LogP contribution < -0.4 is 5.32 Å². The average Bonchev–Trinajstić information content (AvgIpc) is 3.37. The summed E-state index contributed by atoms with van der Waals surface area (Å²) in [4.78, 5) is 29.5. The van der Waals surface area contributed by atoms with E-state index in [2.05, 4.69) is 28.9 Å². The molecule has 5 nitrogen and oxygen atoms in total. The molecule has 3 aliphatic rings. The average molecular weight is 408 g/mol. The maximum absolute atomic E-state index is 13.8. The Morgan fingerprint density at radius 2 is 1.77 bits per heavy atom. The van der Waals surface area contributed by atoms with Crippen molar-refractivity contribution in [1.29, 1.82) is 0 Å². The van der Waals surface area contributed by atoms with Crippen molar-refractivity contribution >= 4 is 22.7 Å². The van der Waals surface area contributed by atoms with Gasteiger partial charge in [0.2, 0.25) is 5.91 Å². The van der Waals surface area contributed by atoms with E-state index < -0.39 is 5.54 Å². The molecule has 0 bridgehead atoms. The largest absolute Gasteiger partial charge is 0.351 e. The molecule has 1 atom stereocenters. The van der Waals surface area contributed by atoms with Gasteiger partial charge in [0.1, 0.15) is 11.2 Å². The van der Waals surface area contributed by atoms with Crippen LogP contribution >= 0.6 is 0 Å². The first-order chi connectivity index (χ1) is 14.5. The molecule has 2 aliphatic carbocycles. The third kappa shape index (κ3) is 3.14. The van der Waals surface area contributed by atoms with Crippen molar-refractivity contribution in [2.45, 2.75) is 89.4 Å². The van der Waals surface area contributed by atoms with E-state index >= 15 is 0 Å². The summed E-state index contributed by atoms with van der Waals surface area (Å²) in [6.07, 6.45) is 8.67. The molecule has 160 valence electrons. The lowest BCUT2D eigenvalue weighted by molar-refractivity contribution is -0.135. The molecule has 2 fully saturated rings. The van der Waals surface area contributed by atoms with Gasteiger partial charge in [-0.05, 0) is 63.5 Å². The van der Waals surface area contributed by atoms with Gasteiger partial charge in [-0.15, -0.1) is 0 Å². The number of rotatable bonds is 3. The van der Waals surface area contributed by atoms with Gasteiger partial charge in [-0.25, -0.2) is 0 Å². The molecule has 30 heavy (non-hydrogen) atoms. The van der Waals surface area contributed by atoms with Crippen molar-refractivity contribution in [3.8, 4) is 0 Å². The summed E-state index contributed by atoms with van der Waals surface area (Å²) in [6, 6.07) is 10.5. The molecule has 5 rings (SSSR count). The monoisotopic (exact) mass is 407 g/mol. The van der Waals surface area contributed by atoms with Crippen LogP contribution in [0.5, 0.6) is 0 Å². The fourth-order valence-corrected chi connectivity index (χ4v) is 5.95. The summed E-state index contributed by atoms with van der Waals surface area (Å²) in [7, 11) is 0. The Balaban J connectivity index is 1.56. The summed E-state index contributed by atoms with van der Waals surface area (Å²) in [5.74, 6) is 0.733. The maximum atomic E-state index is 13.8. The summed E-state index contributed by atoms with van der Waals surface area (Å²) in [5.41, 5.74) is 0.901. The highest BCUT2D eigenvalue weighted by Gasteiger charge is 2.51. The standard InChI is InChI=1S/C25H33N3O2/c1-17-11-13-20(14-12-17)28-23(29)22-15-18-7-3-6-10-21(18)27(22)16-25(28,2)24(30)26-19-8-4-5-9-19/h3,6-7,10,15,17,19-20H,4-5,8-9,11-14,16H2,1-2H3,(H,26,30)/t17?,20?,25-/m0/s1. The Hall–Kier alpha value is -2.30. The normalized spacial score (nSPS) is 29.9. The Morgan fingerprint density at radius 3 is 2.50 bits per heavy atom. The maximum Gasteiger partial charge on any atom is 0.271 e. The third-order valence-corrected chi connectivity index (χ3v) is 7.78. The first kappa shape index (κ1) is 19.7. The van der Waals surface area contributed by atoms with Crippen LogP contribution in [-0.4, -0.2) is 38.9 Å². The first-order valence-corrected chi connectivity index (χ1v) is 11.7. The molecule has 0 saturated heterocycles. The number of amides is 2. The smallest absolute Gasteiger partial charge is 0.271 e. The second kappa shape index (κ2) is 7.44. The SMILES string of the molecule is CC1CCC(N2C(=O)c3cc4ccccc4n3C[C@@]2(C)C(=O)NC2CCCC2)CC1. The lowest BCUT2D eigenvalue weighted by Crippen LogP contribution is -2.67. The highest BCUT2D eigenvalue weighted by molar-refractivity contribution is 6.03. The summed E-state index contributed by atoms with van der Waals surface area (Å²) in [6.45, 7) is 4.80. The first-order valence-electron chi connectivity index (χ1n) is 11.7. The molecule has 2 saturated carbocycles. The number of aromatic nitrogens is 1. The summed E-state index contributed by atoms with van der Waals surface area (Å²) < 4.78 is 2.08. The van der Waals surface area contributed by atoms with Gasteiger partial charge >= 0.3 is 0 Å². The number of carbonyl (C=O) groups excluding carboxylic acids is 2. The van der Waals surface area contributed by atoms with Crippen LogP contribution in [0.4, 0.5) is 0 Å². The van der Waals surface area contributed by atoms with E-state index in [4.69, 9.17) is 0 Å². The van der Waals surface area contributed by atoms with Gasteiger partial charge in [-0.3, -0.25) is 9.59 Å². The molecule has 5 heteroatoms. The van der Waals surface area contributed by atoms with E-state index in [9.17, 15) is 9.59 Å². The van der Waals surface area contributed by atoms with Crippen molar-refractivity contribution in [3.63, 3.8) is 0 Å². The number of nitrogens with one attached hydrogen (secondary N) is 1. The minimum absolute atomic E-state index is 0.0149. The molecule has 1 aromatic carbocycles. The minimum atomic E-state index is -0.861. The third-order valence-electron chi connectivity index (χ3n) is 7.78. The van der Waals surface area contributed by atoms with Crippen molar-refractivity contribution in [3.05, 3.63) is 36.0 Å². The van der Waals surface area contributed by atoms with Gasteiger partial charge in [0.05, 0.1) is 6.54 Å². The zero-order valence-electron chi connectivity index (χ0n) is 18.2. The number of fused-ring (bicyclic) bond motifs is 3. The van der Waals surface area contributed by atoms with Crippen LogP contribution in [-0.2, 0) is 11.3 Å². The quantitative estimate of drug-likeness (QED) is 0.815. The molecule has 1 aliphatic heterocycles. The zero-order valence-corrected chi connectivity index (χ0v) is 18.2. The van der Waals surface area contributed by atoms with E-state index in [1.807, 2.05) is 30.0 Å². The number of hydrogen-bond donors (Lipinski definition) is 1. The van der Waals surface area contributed by atoms with Gasteiger partial charge in [-0.2, -0.15) is 0 Å². The predicted octanol–water partition coefficient (Wildman–Crippen LogP) is 4.49. The molecular formula is C25H33N3O2. The lowest BCUT2D eigenvalue weighted by atomic mass is 9.82. The summed E-state index contributed by atoms with van der Waals surface area (Å²) in [5, 5.41) is 4.38. The van der Waals surface area contributed by atoms with Crippen molar-refractivity contribution in [2.75, 3.05) is 0 Å². The number of carbonyl (C=O) groups is 2. The molecule has 0 spiro atoms. The van der Waals surface area contributed by atoms with Crippen LogP contribution in [0.15, 0.2) is 30.3 Å². The van der Waals surface area contributed by atoms with Crippen LogP contribution in [0.25, 0.3) is 10.9 Å². The Labute approximate surface area is 178 Å². The molecule has 2 amide bonds. The van der Waals surface area contributed by atoms with Crippen LogP contribution in [0.2, 0.25) is 0 Å². The van der Waals surface area contributed by atoms with Gasteiger partial charge in [0.15, 0.2) is 0 Å². The van der Waals surface area contributed by atoms with Crippen molar-refractivity contribution < 1.29 is 9.59 Å². The van der Waals surface area contributed by atoms with E-state index in [1.54, 1.807) is 0 Å². The number of hydrogen-bond acceptors (Lipinski definition) is 2. The Bertz CT molecular complexity index is 966. The van der Waals surface area contributed by atoms with E-state index in [-0.39, 0.29) is 23.9 Å². The van der Waals surface area contributed by atoms with Crippen LogP contribution in [0.1, 0.15) is 75.7 Å². The second-order valence-corrected chi connectivity index (χ2v) is 9.99. The summed E-state index contributed by atoms with van der Waals surface area (Å²) >= 11 is 0. The van der Waals surface area contributed by atoms with Crippen molar-refractivity contribution in [2.24, 2.45) is 5.92 Å². The van der Waals surface area contributed by atoms with Gasteiger partial charge < -0.3 is 14.8 Å². The predicted molar refractivity (Wildman–Crippen MR) is 118 cm³/mol. The fraction of sp³-hybridized carbons (Fsp3) is 0.600. The fourth-order valence-electron chi connectivity index (χ4n) is 5.95. The zero-order chi connectivity index (χ0) is 20.9. The minimum Gasteiger partial charge on any atom is -0.351 e. The topological polar surface area (TPSA) is 54.3 Å². The molecule has 2 heterocycles. The van der Waals surface area contributed by atoms with Gasteiger partial charge in [0, 0.05) is 23.0 Å². The molecule has 1 aromatic heterocycles. The number of para-hydroxylation sites is 1. The van der Waals surface area contributed by atoms with E-state index in [0.29, 0.717) is 12.5 Å². The molecule has 0 radical (unpaired) electrons. The van der Waals surface area contributed by atoms with E-state index in [1.165, 1.54) is 12.8 Å². The van der Waals surface area contributed by atoms with Crippen LogP contribution in [0.3, 0.4) is 0 Å². The van der Waals surface area contributed by atoms with Crippen molar-refractivity contribution in [1.82, 2.24) is 14.8 Å². The lowest BCUT2D eigenvalue weighted by Gasteiger charge is -2.49.